The molecule has 0 spiro atoms. The molecular formula is C28H29N3O6S. The molecular weight excluding hydrogens is 506 g/mol. The molecule has 3 aromatic rings. The fourth-order valence-electron chi connectivity index (χ4n) is 4.75. The number of aryl methyl sites for hydroxylation is 1. The van der Waals surface area contributed by atoms with E-state index in [-0.39, 0.29) is 22.6 Å². The number of anilines is 1. The predicted octanol–water partition coefficient (Wildman–Crippen LogP) is 4.98. The van der Waals surface area contributed by atoms with E-state index in [0.717, 1.165) is 24.2 Å². The summed E-state index contributed by atoms with van der Waals surface area (Å²) in [4.78, 5) is 28.1. The maximum Gasteiger partial charge on any atom is 0.301 e. The van der Waals surface area contributed by atoms with Gasteiger partial charge in [-0.1, -0.05) is 30.7 Å². The Hall–Kier alpha value is -3.92. The van der Waals surface area contributed by atoms with Crippen LogP contribution in [0.1, 0.15) is 54.4 Å². The van der Waals surface area contributed by atoms with Crippen molar-refractivity contribution in [2.75, 3.05) is 18.6 Å². The van der Waals surface area contributed by atoms with Crippen LogP contribution < -0.4 is 19.1 Å². The number of ketones is 1. The fourth-order valence-corrected chi connectivity index (χ4v) is 5.47. The van der Waals surface area contributed by atoms with Crippen LogP contribution in [0.4, 0.5) is 5.13 Å². The summed E-state index contributed by atoms with van der Waals surface area (Å²) in [6.45, 7) is 6.36. The first-order valence-electron chi connectivity index (χ1n) is 12.5. The van der Waals surface area contributed by atoms with Crippen molar-refractivity contribution < 1.29 is 28.9 Å². The molecule has 1 saturated heterocycles. The Kier molecular flexibility index (Phi) is 7.07. The molecule has 1 N–H and O–H groups in total. The highest BCUT2D eigenvalue weighted by molar-refractivity contribution is 7.15. The predicted molar refractivity (Wildman–Crippen MR) is 143 cm³/mol. The molecule has 9 nitrogen and oxygen atoms in total. The zero-order valence-electron chi connectivity index (χ0n) is 21.7. The first-order chi connectivity index (χ1) is 18.3. The number of benzene rings is 2. The van der Waals surface area contributed by atoms with Crippen LogP contribution in [0.25, 0.3) is 5.76 Å². The summed E-state index contributed by atoms with van der Waals surface area (Å²) in [5.74, 6) is -0.0799. The van der Waals surface area contributed by atoms with Gasteiger partial charge in [0.2, 0.25) is 5.13 Å². The molecule has 2 aliphatic heterocycles. The maximum absolute atomic E-state index is 13.4. The number of aromatic nitrogens is 2. The number of rotatable bonds is 8. The van der Waals surface area contributed by atoms with Crippen molar-refractivity contribution in [3.63, 3.8) is 0 Å². The number of carbonyl (C=O) groups excluding carboxylic acids is 2. The van der Waals surface area contributed by atoms with Crippen molar-refractivity contribution in [2.45, 2.75) is 52.2 Å². The average molecular weight is 536 g/mol. The number of ether oxygens (including phenoxy) is 3. The molecule has 0 aliphatic carbocycles. The number of hydrogen-bond donors (Lipinski definition) is 1. The lowest BCUT2D eigenvalue weighted by molar-refractivity contribution is -0.132. The van der Waals surface area contributed by atoms with Crippen molar-refractivity contribution >= 4 is 33.9 Å². The molecule has 1 aromatic heterocycles. The monoisotopic (exact) mass is 535 g/mol. The largest absolute Gasteiger partial charge is 0.507 e. The van der Waals surface area contributed by atoms with Crippen LogP contribution in [-0.2, 0) is 16.0 Å². The van der Waals surface area contributed by atoms with E-state index >= 15 is 0 Å². The van der Waals surface area contributed by atoms with Gasteiger partial charge < -0.3 is 19.3 Å². The Balaban J connectivity index is 1.64. The summed E-state index contributed by atoms with van der Waals surface area (Å²) in [6, 6.07) is 9.58. The van der Waals surface area contributed by atoms with Crippen molar-refractivity contribution in [1.82, 2.24) is 10.2 Å². The van der Waals surface area contributed by atoms with Gasteiger partial charge in [0, 0.05) is 12.0 Å². The molecule has 5 rings (SSSR count). The van der Waals surface area contributed by atoms with Gasteiger partial charge in [-0.2, -0.15) is 0 Å². The Labute approximate surface area is 224 Å². The summed E-state index contributed by atoms with van der Waals surface area (Å²) in [5.41, 5.74) is 1.90. The van der Waals surface area contributed by atoms with E-state index in [9.17, 15) is 14.7 Å². The van der Waals surface area contributed by atoms with Crippen LogP contribution in [0.3, 0.4) is 0 Å². The van der Waals surface area contributed by atoms with Gasteiger partial charge in [0.15, 0.2) is 11.5 Å². The van der Waals surface area contributed by atoms with Crippen LogP contribution in [0.5, 0.6) is 17.2 Å². The van der Waals surface area contributed by atoms with E-state index < -0.39 is 17.7 Å². The zero-order chi connectivity index (χ0) is 27.0. The van der Waals surface area contributed by atoms with Gasteiger partial charge in [0.05, 0.1) is 25.3 Å². The summed E-state index contributed by atoms with van der Waals surface area (Å²) in [5, 5.41) is 20.6. The van der Waals surface area contributed by atoms with E-state index in [4.69, 9.17) is 14.2 Å². The molecule has 10 heteroatoms. The van der Waals surface area contributed by atoms with E-state index in [0.29, 0.717) is 40.7 Å². The second-order valence-corrected chi connectivity index (χ2v) is 10.5. The number of amides is 1. The normalized spacial score (nSPS) is 19.9. The molecule has 0 bridgehead atoms. The molecule has 3 heterocycles. The third-order valence-electron chi connectivity index (χ3n) is 6.59. The van der Waals surface area contributed by atoms with Gasteiger partial charge in [-0.05, 0) is 61.7 Å². The lowest BCUT2D eigenvalue weighted by Crippen LogP contribution is -2.29. The number of hydrogen-bond acceptors (Lipinski definition) is 9. The lowest BCUT2D eigenvalue weighted by Gasteiger charge is -2.23. The van der Waals surface area contributed by atoms with Gasteiger partial charge in [0.25, 0.3) is 5.78 Å². The molecule has 2 atom stereocenters. The Morgan fingerprint density at radius 1 is 1.18 bits per heavy atom. The van der Waals surface area contributed by atoms with Gasteiger partial charge >= 0.3 is 5.91 Å². The van der Waals surface area contributed by atoms with Gasteiger partial charge in [0.1, 0.15) is 22.6 Å². The van der Waals surface area contributed by atoms with Crippen LogP contribution in [0.2, 0.25) is 0 Å². The van der Waals surface area contributed by atoms with Gasteiger partial charge in [-0.3, -0.25) is 14.5 Å². The van der Waals surface area contributed by atoms with Crippen molar-refractivity contribution in [3.8, 4) is 17.2 Å². The quantitative estimate of drug-likeness (QED) is 0.186. The number of nitrogens with zero attached hydrogens (tertiary/aromatic N) is 3. The SMILES string of the molecule is CCCCOc1ccc(C2/C(=C(\O)c3ccc4c(c3)CC(C)O4)C(=O)C(=O)N2c2nnc(C)s2)cc1OC. The number of fused-ring (bicyclic) bond motifs is 1. The zero-order valence-corrected chi connectivity index (χ0v) is 22.5. The first kappa shape index (κ1) is 25.7. The number of unbranched alkanes of at least 4 members (excludes halogenated alkanes) is 1. The van der Waals surface area contributed by atoms with Crippen LogP contribution in [-0.4, -0.2) is 46.8 Å². The van der Waals surface area contributed by atoms with E-state index in [1.54, 1.807) is 43.3 Å². The van der Waals surface area contributed by atoms with Crippen LogP contribution in [0, 0.1) is 6.92 Å². The highest BCUT2D eigenvalue weighted by atomic mass is 32.1. The molecule has 2 aromatic carbocycles. The second-order valence-electron chi connectivity index (χ2n) is 9.34. The number of aliphatic hydroxyl groups excluding tert-OH is 1. The Bertz CT molecular complexity index is 1430. The number of methoxy groups -OCH3 is 1. The molecule has 1 amide bonds. The average Bonchev–Trinajstić information content (AvgIpc) is 3.58. The lowest BCUT2D eigenvalue weighted by atomic mass is 9.94. The smallest absolute Gasteiger partial charge is 0.301 e. The molecule has 38 heavy (non-hydrogen) atoms. The summed E-state index contributed by atoms with van der Waals surface area (Å²) in [7, 11) is 1.53. The minimum absolute atomic E-state index is 0.0270. The number of carbonyl (C=O) groups is 2. The summed E-state index contributed by atoms with van der Waals surface area (Å²) in [6.07, 6.45) is 2.60. The van der Waals surface area contributed by atoms with Crippen LogP contribution in [0.15, 0.2) is 42.0 Å². The molecule has 1 fully saturated rings. The number of aliphatic hydroxyl groups is 1. The van der Waals surface area contributed by atoms with E-state index in [1.807, 2.05) is 6.92 Å². The van der Waals surface area contributed by atoms with Crippen molar-refractivity contribution in [3.05, 3.63) is 63.7 Å². The third kappa shape index (κ3) is 4.60. The van der Waals surface area contributed by atoms with Crippen molar-refractivity contribution in [2.24, 2.45) is 0 Å². The summed E-state index contributed by atoms with van der Waals surface area (Å²) < 4.78 is 17.2. The number of Topliss-reactive ketones (excluding diaryl/α,β-unsaturated/α-hetero) is 1. The fraction of sp³-hybridized carbons (Fsp3) is 0.357. The molecule has 0 radical (unpaired) electrons. The highest BCUT2D eigenvalue weighted by Gasteiger charge is 2.48. The molecule has 0 saturated carbocycles. The topological polar surface area (TPSA) is 111 Å². The molecule has 2 unspecified atom stereocenters. The van der Waals surface area contributed by atoms with Crippen LogP contribution >= 0.6 is 11.3 Å². The second kappa shape index (κ2) is 10.4. The van der Waals surface area contributed by atoms with Gasteiger partial charge in [-0.15, -0.1) is 10.2 Å². The van der Waals surface area contributed by atoms with E-state index in [1.165, 1.54) is 23.3 Å². The van der Waals surface area contributed by atoms with E-state index in [2.05, 4.69) is 17.1 Å². The Morgan fingerprint density at radius 2 is 2.00 bits per heavy atom. The summed E-state index contributed by atoms with van der Waals surface area (Å²) >= 11 is 1.20. The standard InChI is InChI=1S/C28H29N3O6S/c1-5-6-11-36-21-10-7-17(14-22(21)35-4)24-23(26(33)27(34)31(24)28-30-29-16(3)38-28)25(32)18-8-9-20-19(13-18)12-15(2)37-20/h7-10,13-15,24,32H,5-6,11-12H2,1-4H3/b25-23+. The Morgan fingerprint density at radius 3 is 2.71 bits per heavy atom. The molecule has 198 valence electrons. The minimum atomic E-state index is -0.940. The highest BCUT2D eigenvalue weighted by Crippen LogP contribution is 2.45. The molecule has 2 aliphatic rings. The van der Waals surface area contributed by atoms with Crippen molar-refractivity contribution in [1.29, 1.82) is 0 Å². The van der Waals surface area contributed by atoms with Gasteiger partial charge in [-0.25, -0.2) is 0 Å². The minimum Gasteiger partial charge on any atom is -0.507 e. The third-order valence-corrected chi connectivity index (χ3v) is 7.43. The maximum atomic E-state index is 13.4. The first-order valence-corrected chi connectivity index (χ1v) is 13.4.